The molecule has 0 aliphatic carbocycles. The molecule has 0 bridgehead atoms. The van der Waals surface area contributed by atoms with Gasteiger partial charge in [0.2, 0.25) is 5.91 Å². The molecule has 3 aliphatic rings. The van der Waals surface area contributed by atoms with E-state index < -0.39 is 6.17 Å². The van der Waals surface area contributed by atoms with E-state index >= 15 is 0 Å². The van der Waals surface area contributed by atoms with Crippen molar-refractivity contribution in [2.45, 2.75) is 25.1 Å². The number of likely N-dealkylation sites (tertiary alicyclic amines) is 1. The largest absolute Gasteiger partial charge is 0.378 e. The summed E-state index contributed by atoms with van der Waals surface area (Å²) in [5.41, 5.74) is 1.16. The molecule has 6 heteroatoms. The van der Waals surface area contributed by atoms with Crippen LogP contribution in [0.15, 0.2) is 11.6 Å². The summed E-state index contributed by atoms with van der Waals surface area (Å²) in [6.07, 6.45) is 2.46. The predicted octanol–water partition coefficient (Wildman–Crippen LogP) is 0.604. The number of carbonyl (C=O) groups excluding carboxylic acids is 1. The molecule has 3 rings (SSSR count). The summed E-state index contributed by atoms with van der Waals surface area (Å²) < 4.78 is 24.5. The van der Waals surface area contributed by atoms with Crippen molar-refractivity contribution in [3.05, 3.63) is 11.6 Å². The predicted molar refractivity (Wildman–Crippen MR) is 75.8 cm³/mol. The van der Waals surface area contributed by atoms with Crippen molar-refractivity contribution < 1.29 is 18.7 Å². The third-order valence-electron chi connectivity index (χ3n) is 4.35. The van der Waals surface area contributed by atoms with E-state index in [1.165, 1.54) is 0 Å². The van der Waals surface area contributed by atoms with Crippen LogP contribution in [0.5, 0.6) is 0 Å². The first kappa shape index (κ1) is 14.9. The molecule has 2 saturated heterocycles. The van der Waals surface area contributed by atoms with Crippen molar-refractivity contribution >= 4 is 5.91 Å². The number of alkyl halides is 1. The van der Waals surface area contributed by atoms with Gasteiger partial charge in [0.15, 0.2) is 0 Å². The summed E-state index contributed by atoms with van der Waals surface area (Å²) in [7, 11) is 0. The molecule has 0 aromatic rings. The smallest absolute Gasteiger partial charge is 0.240 e. The van der Waals surface area contributed by atoms with Gasteiger partial charge in [-0.15, -0.1) is 0 Å². The van der Waals surface area contributed by atoms with Gasteiger partial charge in [-0.2, -0.15) is 0 Å². The van der Waals surface area contributed by atoms with Gasteiger partial charge in [0.1, 0.15) is 6.17 Å². The fourth-order valence-electron chi connectivity index (χ4n) is 3.25. The molecule has 2 fully saturated rings. The van der Waals surface area contributed by atoms with Crippen molar-refractivity contribution in [1.29, 1.82) is 0 Å². The van der Waals surface area contributed by atoms with E-state index in [1.54, 1.807) is 0 Å². The Morgan fingerprint density at radius 2 is 2.10 bits per heavy atom. The van der Waals surface area contributed by atoms with Crippen molar-refractivity contribution in [3.63, 3.8) is 0 Å². The minimum Gasteiger partial charge on any atom is -0.378 e. The molecular formula is C15H23FN2O3. The molecule has 0 aromatic heterocycles. The lowest BCUT2D eigenvalue weighted by Crippen LogP contribution is -2.50. The second-order valence-electron chi connectivity index (χ2n) is 5.92. The Kier molecular flexibility index (Phi) is 4.87. The van der Waals surface area contributed by atoms with Crippen molar-refractivity contribution in [2.75, 3.05) is 52.6 Å². The SMILES string of the molecule is O=C([C@@H]1C[C@@H](F)CN1CC1=CCCOC1)N1CCOCC1. The molecule has 0 N–H and O–H groups in total. The molecular weight excluding hydrogens is 275 g/mol. The van der Waals surface area contributed by atoms with E-state index in [4.69, 9.17) is 9.47 Å². The molecule has 1 amide bonds. The van der Waals surface area contributed by atoms with E-state index in [0.717, 1.165) is 18.6 Å². The lowest BCUT2D eigenvalue weighted by atomic mass is 10.1. The minimum atomic E-state index is -0.912. The molecule has 0 saturated carbocycles. The Labute approximate surface area is 124 Å². The topological polar surface area (TPSA) is 42.0 Å². The highest BCUT2D eigenvalue weighted by molar-refractivity contribution is 5.82. The normalized spacial score (nSPS) is 31.3. The maximum atomic E-state index is 13.8. The van der Waals surface area contributed by atoms with Crippen LogP contribution in [-0.2, 0) is 14.3 Å². The zero-order valence-corrected chi connectivity index (χ0v) is 12.3. The number of carbonyl (C=O) groups is 1. The number of hydrogen-bond donors (Lipinski definition) is 0. The van der Waals surface area contributed by atoms with Gasteiger partial charge in [-0.3, -0.25) is 9.69 Å². The molecule has 0 aromatic carbocycles. The van der Waals surface area contributed by atoms with Crippen molar-refractivity contribution in [3.8, 4) is 0 Å². The van der Waals surface area contributed by atoms with Gasteiger partial charge < -0.3 is 14.4 Å². The highest BCUT2D eigenvalue weighted by Gasteiger charge is 2.39. The second kappa shape index (κ2) is 6.85. The first-order valence-electron chi connectivity index (χ1n) is 7.74. The number of rotatable bonds is 3. The fourth-order valence-corrected chi connectivity index (χ4v) is 3.25. The number of morpholine rings is 1. The van der Waals surface area contributed by atoms with Crippen LogP contribution in [0.25, 0.3) is 0 Å². The lowest BCUT2D eigenvalue weighted by Gasteiger charge is -2.33. The summed E-state index contributed by atoms with van der Waals surface area (Å²) in [5, 5.41) is 0. The minimum absolute atomic E-state index is 0.0516. The Hall–Kier alpha value is -0.980. The Bertz CT molecular complexity index is 410. The standard InChI is InChI=1S/C15H23FN2O3/c16-13-8-14(15(19)17-3-6-20-7-4-17)18(10-13)9-12-2-1-5-21-11-12/h2,13-14H,1,3-11H2/t13-,14+/m1/s1. The molecule has 2 atom stereocenters. The molecule has 21 heavy (non-hydrogen) atoms. The molecule has 0 unspecified atom stereocenters. The maximum absolute atomic E-state index is 13.8. The highest BCUT2D eigenvalue weighted by atomic mass is 19.1. The van der Waals surface area contributed by atoms with Crippen LogP contribution in [-0.4, -0.2) is 80.5 Å². The zero-order chi connectivity index (χ0) is 14.7. The van der Waals surface area contributed by atoms with Gasteiger partial charge in [0.05, 0.1) is 32.5 Å². The van der Waals surface area contributed by atoms with Crippen LogP contribution >= 0.6 is 0 Å². The van der Waals surface area contributed by atoms with Crippen molar-refractivity contribution in [2.24, 2.45) is 0 Å². The summed E-state index contributed by atoms with van der Waals surface area (Å²) in [5.74, 6) is 0.0516. The first-order valence-corrected chi connectivity index (χ1v) is 7.74. The van der Waals surface area contributed by atoms with Gasteiger partial charge in [0.25, 0.3) is 0 Å². The van der Waals surface area contributed by atoms with Crippen LogP contribution in [0, 0.1) is 0 Å². The summed E-state index contributed by atoms with van der Waals surface area (Å²) in [6, 6.07) is -0.332. The summed E-state index contributed by atoms with van der Waals surface area (Å²) in [4.78, 5) is 16.4. The fraction of sp³-hybridized carbons (Fsp3) is 0.800. The first-order chi connectivity index (χ1) is 10.2. The van der Waals surface area contributed by atoms with Gasteiger partial charge in [-0.1, -0.05) is 6.08 Å². The van der Waals surface area contributed by atoms with Gasteiger partial charge in [-0.05, 0) is 12.0 Å². The Balaban J connectivity index is 1.63. The van der Waals surface area contributed by atoms with Crippen molar-refractivity contribution in [1.82, 2.24) is 9.80 Å². The maximum Gasteiger partial charge on any atom is 0.240 e. The van der Waals surface area contributed by atoms with Crippen LogP contribution in [0.2, 0.25) is 0 Å². The third kappa shape index (κ3) is 3.62. The highest BCUT2D eigenvalue weighted by Crippen LogP contribution is 2.24. The molecule has 3 heterocycles. The molecule has 118 valence electrons. The van der Waals surface area contributed by atoms with Gasteiger partial charge >= 0.3 is 0 Å². The average Bonchev–Trinajstić information content (AvgIpc) is 2.89. The Morgan fingerprint density at radius 3 is 2.81 bits per heavy atom. The summed E-state index contributed by atoms with van der Waals surface area (Å²) in [6.45, 7) is 4.74. The second-order valence-corrected chi connectivity index (χ2v) is 5.92. The quantitative estimate of drug-likeness (QED) is 0.716. The number of nitrogens with zero attached hydrogens (tertiary/aromatic N) is 2. The van der Waals surface area contributed by atoms with E-state index in [2.05, 4.69) is 6.08 Å². The van der Waals surface area contributed by atoms with E-state index in [-0.39, 0.29) is 11.9 Å². The van der Waals surface area contributed by atoms with Gasteiger partial charge in [-0.25, -0.2) is 4.39 Å². The van der Waals surface area contributed by atoms with E-state index in [1.807, 2.05) is 9.80 Å². The van der Waals surface area contributed by atoms with Crippen LogP contribution < -0.4 is 0 Å². The summed E-state index contributed by atoms with van der Waals surface area (Å²) >= 11 is 0. The average molecular weight is 298 g/mol. The number of hydrogen-bond acceptors (Lipinski definition) is 4. The zero-order valence-electron chi connectivity index (χ0n) is 12.3. The monoisotopic (exact) mass is 298 g/mol. The third-order valence-corrected chi connectivity index (χ3v) is 4.35. The van der Waals surface area contributed by atoms with E-state index in [0.29, 0.717) is 52.4 Å². The number of halogens is 1. The number of amides is 1. The molecule has 0 spiro atoms. The van der Waals surface area contributed by atoms with E-state index in [9.17, 15) is 9.18 Å². The van der Waals surface area contributed by atoms with Gasteiger partial charge in [0, 0.05) is 32.6 Å². The number of ether oxygens (including phenoxy) is 2. The molecule has 0 radical (unpaired) electrons. The van der Waals surface area contributed by atoms with Crippen LogP contribution in [0.1, 0.15) is 12.8 Å². The molecule has 3 aliphatic heterocycles. The Morgan fingerprint density at radius 1 is 1.29 bits per heavy atom. The van der Waals surface area contributed by atoms with Crippen LogP contribution in [0.3, 0.4) is 0 Å². The molecule has 5 nitrogen and oxygen atoms in total. The van der Waals surface area contributed by atoms with Crippen LogP contribution in [0.4, 0.5) is 4.39 Å². The lowest BCUT2D eigenvalue weighted by molar-refractivity contribution is -0.140.